The third kappa shape index (κ3) is 3.76. The van der Waals surface area contributed by atoms with Gasteiger partial charge in [-0.15, -0.1) is 0 Å². The summed E-state index contributed by atoms with van der Waals surface area (Å²) in [5.74, 6) is 0.197. The first-order valence-electron chi connectivity index (χ1n) is 6.31. The van der Waals surface area contributed by atoms with E-state index in [-0.39, 0.29) is 24.6 Å². The van der Waals surface area contributed by atoms with Gasteiger partial charge in [-0.1, -0.05) is 6.42 Å². The van der Waals surface area contributed by atoms with E-state index in [0.717, 1.165) is 19.4 Å². The molecule has 0 aromatic carbocycles. The van der Waals surface area contributed by atoms with Gasteiger partial charge >= 0.3 is 0 Å². The van der Waals surface area contributed by atoms with Crippen LogP contribution in [0.3, 0.4) is 0 Å². The minimum Gasteiger partial charge on any atom is -0.396 e. The molecule has 1 atom stereocenters. The number of carbonyl (C=O) groups is 1. The van der Waals surface area contributed by atoms with Crippen LogP contribution >= 0.6 is 0 Å². The average Bonchev–Trinajstić information content (AvgIpc) is 2.30. The lowest BCUT2D eigenvalue weighted by Crippen LogP contribution is -2.51. The molecule has 2 N–H and O–H groups in total. The summed E-state index contributed by atoms with van der Waals surface area (Å²) >= 11 is 0. The topological polar surface area (TPSA) is 52.6 Å². The highest BCUT2D eigenvalue weighted by Gasteiger charge is 2.26. The summed E-state index contributed by atoms with van der Waals surface area (Å²) in [5, 5.41) is 12.1. The van der Waals surface area contributed by atoms with Gasteiger partial charge in [-0.05, 0) is 39.7 Å². The minimum atomic E-state index is -0.00478. The number of hydrogen-bond donors (Lipinski definition) is 2. The molecule has 1 aliphatic rings. The Morgan fingerprint density at radius 2 is 2.25 bits per heavy atom. The first kappa shape index (κ1) is 13.5. The van der Waals surface area contributed by atoms with Crippen molar-refractivity contribution in [3.63, 3.8) is 0 Å². The molecule has 4 heteroatoms. The maximum absolute atomic E-state index is 12.2. The molecule has 0 radical (unpaired) electrons. The Bertz CT molecular complexity index is 213. The van der Waals surface area contributed by atoms with Crippen LogP contribution in [0.25, 0.3) is 0 Å². The summed E-state index contributed by atoms with van der Waals surface area (Å²) in [6.45, 7) is 5.80. The summed E-state index contributed by atoms with van der Waals surface area (Å²) in [4.78, 5) is 14.1. The molecule has 0 aliphatic carbocycles. The Labute approximate surface area is 98.0 Å². The maximum Gasteiger partial charge on any atom is 0.239 e. The number of carbonyl (C=O) groups excluding carboxylic acids is 1. The van der Waals surface area contributed by atoms with Crippen LogP contribution in [0.15, 0.2) is 0 Å². The third-order valence-electron chi connectivity index (χ3n) is 3.07. The van der Waals surface area contributed by atoms with E-state index in [9.17, 15) is 4.79 Å². The largest absolute Gasteiger partial charge is 0.396 e. The van der Waals surface area contributed by atoms with Crippen molar-refractivity contribution < 1.29 is 9.90 Å². The van der Waals surface area contributed by atoms with Crippen molar-refractivity contribution in [2.75, 3.05) is 19.7 Å². The fourth-order valence-corrected chi connectivity index (χ4v) is 2.13. The molecule has 0 aromatic heterocycles. The van der Waals surface area contributed by atoms with Gasteiger partial charge in [0.1, 0.15) is 0 Å². The number of piperidine rings is 1. The molecule has 16 heavy (non-hydrogen) atoms. The van der Waals surface area contributed by atoms with Crippen molar-refractivity contribution in [2.24, 2.45) is 0 Å². The van der Waals surface area contributed by atoms with Gasteiger partial charge in [-0.2, -0.15) is 0 Å². The predicted octanol–water partition coefficient (Wildman–Crippen LogP) is 0.748. The van der Waals surface area contributed by atoms with Crippen LogP contribution in [0.2, 0.25) is 0 Å². The van der Waals surface area contributed by atoms with E-state index < -0.39 is 0 Å². The summed E-state index contributed by atoms with van der Waals surface area (Å²) in [6.07, 6.45) is 3.91. The fraction of sp³-hybridized carbons (Fsp3) is 0.917. The van der Waals surface area contributed by atoms with E-state index in [1.807, 2.05) is 18.7 Å². The van der Waals surface area contributed by atoms with Crippen molar-refractivity contribution in [3.8, 4) is 0 Å². The van der Waals surface area contributed by atoms with Crippen LogP contribution in [0, 0.1) is 0 Å². The molecule has 1 saturated heterocycles. The molecule has 4 nitrogen and oxygen atoms in total. The average molecular weight is 228 g/mol. The minimum absolute atomic E-state index is 0.00478. The lowest BCUT2D eigenvalue weighted by Gasteiger charge is -2.32. The van der Waals surface area contributed by atoms with Crippen LogP contribution < -0.4 is 5.32 Å². The predicted molar refractivity (Wildman–Crippen MR) is 64.2 cm³/mol. The van der Waals surface area contributed by atoms with Gasteiger partial charge in [-0.3, -0.25) is 4.79 Å². The Morgan fingerprint density at radius 3 is 2.75 bits per heavy atom. The van der Waals surface area contributed by atoms with Crippen LogP contribution in [0.5, 0.6) is 0 Å². The first-order chi connectivity index (χ1) is 7.66. The molecule has 1 heterocycles. The highest BCUT2D eigenvalue weighted by Crippen LogP contribution is 2.12. The number of hydrogen-bond acceptors (Lipinski definition) is 3. The van der Waals surface area contributed by atoms with Crippen LogP contribution in [0.1, 0.15) is 39.5 Å². The number of nitrogens with zero attached hydrogens (tertiary/aromatic N) is 1. The smallest absolute Gasteiger partial charge is 0.239 e. The van der Waals surface area contributed by atoms with Gasteiger partial charge in [0.15, 0.2) is 0 Å². The van der Waals surface area contributed by atoms with Crippen LogP contribution in [-0.4, -0.2) is 47.7 Å². The van der Waals surface area contributed by atoms with Crippen molar-refractivity contribution in [2.45, 2.75) is 51.6 Å². The zero-order valence-corrected chi connectivity index (χ0v) is 10.4. The van der Waals surface area contributed by atoms with E-state index in [1.165, 1.54) is 6.42 Å². The molecular formula is C12H24N2O2. The Balaban J connectivity index is 2.51. The second-order valence-electron chi connectivity index (χ2n) is 4.71. The molecule has 0 saturated carbocycles. The fourth-order valence-electron chi connectivity index (χ4n) is 2.13. The molecular weight excluding hydrogens is 204 g/mol. The number of aliphatic hydroxyl groups excluding tert-OH is 1. The standard InChI is InChI=1S/C12H24N2O2/c1-10(2)14(8-5-9-15)12(16)11-6-3-4-7-13-11/h10-11,13,15H,3-9H2,1-2H3. The van der Waals surface area contributed by atoms with Gasteiger partial charge in [0.25, 0.3) is 0 Å². The number of nitrogens with one attached hydrogen (secondary N) is 1. The summed E-state index contributed by atoms with van der Waals surface area (Å²) < 4.78 is 0. The SMILES string of the molecule is CC(C)N(CCCO)C(=O)C1CCCCN1. The summed E-state index contributed by atoms with van der Waals surface area (Å²) in [7, 11) is 0. The maximum atomic E-state index is 12.2. The molecule has 1 unspecified atom stereocenters. The van der Waals surface area contributed by atoms with Gasteiger partial charge in [-0.25, -0.2) is 0 Å². The van der Waals surface area contributed by atoms with Gasteiger partial charge in [0, 0.05) is 19.2 Å². The van der Waals surface area contributed by atoms with Crippen molar-refractivity contribution in [1.29, 1.82) is 0 Å². The summed E-state index contributed by atoms with van der Waals surface area (Å²) in [5.41, 5.74) is 0. The Hall–Kier alpha value is -0.610. The molecule has 0 bridgehead atoms. The van der Waals surface area contributed by atoms with E-state index in [0.29, 0.717) is 13.0 Å². The number of amides is 1. The Morgan fingerprint density at radius 1 is 1.50 bits per heavy atom. The number of aliphatic hydroxyl groups is 1. The quantitative estimate of drug-likeness (QED) is 0.730. The van der Waals surface area contributed by atoms with Crippen molar-refractivity contribution in [3.05, 3.63) is 0 Å². The van der Waals surface area contributed by atoms with Crippen LogP contribution in [-0.2, 0) is 4.79 Å². The van der Waals surface area contributed by atoms with Crippen LogP contribution in [0.4, 0.5) is 0 Å². The zero-order valence-electron chi connectivity index (χ0n) is 10.4. The van der Waals surface area contributed by atoms with Gasteiger partial charge < -0.3 is 15.3 Å². The second kappa shape index (κ2) is 6.86. The molecule has 0 spiro atoms. The normalized spacial score (nSPS) is 21.1. The lowest BCUT2D eigenvalue weighted by atomic mass is 10.0. The summed E-state index contributed by atoms with van der Waals surface area (Å²) in [6, 6.07) is 0.206. The zero-order chi connectivity index (χ0) is 12.0. The third-order valence-corrected chi connectivity index (χ3v) is 3.07. The monoisotopic (exact) mass is 228 g/mol. The highest BCUT2D eigenvalue weighted by molar-refractivity contribution is 5.82. The van der Waals surface area contributed by atoms with Crippen molar-refractivity contribution >= 4 is 5.91 Å². The molecule has 1 amide bonds. The second-order valence-corrected chi connectivity index (χ2v) is 4.71. The van der Waals surface area contributed by atoms with E-state index >= 15 is 0 Å². The molecule has 94 valence electrons. The Kier molecular flexibility index (Phi) is 5.77. The highest BCUT2D eigenvalue weighted by atomic mass is 16.3. The molecule has 1 fully saturated rings. The molecule has 1 aliphatic heterocycles. The van der Waals surface area contributed by atoms with E-state index in [1.54, 1.807) is 0 Å². The molecule has 1 rings (SSSR count). The van der Waals surface area contributed by atoms with Crippen molar-refractivity contribution in [1.82, 2.24) is 10.2 Å². The first-order valence-corrected chi connectivity index (χ1v) is 6.31. The number of rotatable bonds is 5. The van der Waals surface area contributed by atoms with E-state index in [4.69, 9.17) is 5.11 Å². The van der Waals surface area contributed by atoms with Gasteiger partial charge in [0.2, 0.25) is 5.91 Å². The van der Waals surface area contributed by atoms with E-state index in [2.05, 4.69) is 5.32 Å². The lowest BCUT2D eigenvalue weighted by molar-refractivity contribution is -0.135. The van der Waals surface area contributed by atoms with Gasteiger partial charge in [0.05, 0.1) is 6.04 Å². The molecule has 0 aromatic rings.